The number of hydrogen-bond donors (Lipinski definition) is 0. The van der Waals surface area contributed by atoms with E-state index in [1.54, 1.807) is 6.07 Å². The van der Waals surface area contributed by atoms with Gasteiger partial charge in [0.2, 0.25) is 0 Å². The molecule has 0 N–H and O–H groups in total. The van der Waals surface area contributed by atoms with Crippen molar-refractivity contribution in [3.05, 3.63) is 34.3 Å². The number of hydrogen-bond acceptors (Lipinski definition) is 3. The Morgan fingerprint density at radius 1 is 1.30 bits per heavy atom. The van der Waals surface area contributed by atoms with Gasteiger partial charge in [0, 0.05) is 23.7 Å². The van der Waals surface area contributed by atoms with Gasteiger partial charge in [0.05, 0.1) is 11.6 Å². The first-order valence-corrected chi connectivity index (χ1v) is 7.39. The molecule has 3 nitrogen and oxygen atoms in total. The average Bonchev–Trinajstić information content (AvgIpc) is 2.35. The summed E-state index contributed by atoms with van der Waals surface area (Å²) in [4.78, 5) is 4.68. The molecule has 0 aromatic heterocycles. The number of nitrogens with zero attached hydrogens (tertiary/aromatic N) is 3. The van der Waals surface area contributed by atoms with E-state index in [1.165, 1.54) is 19.3 Å². The summed E-state index contributed by atoms with van der Waals surface area (Å²) in [5.74, 6) is 0. The quantitative estimate of drug-likeness (QED) is 0.835. The van der Waals surface area contributed by atoms with E-state index in [4.69, 9.17) is 16.9 Å². The largest absolute Gasteiger partial charge is 0.302 e. The van der Waals surface area contributed by atoms with E-state index in [9.17, 15) is 0 Å². The lowest BCUT2D eigenvalue weighted by atomic mass is 9.75. The van der Waals surface area contributed by atoms with Gasteiger partial charge in [-0.05, 0) is 58.1 Å². The number of benzene rings is 1. The summed E-state index contributed by atoms with van der Waals surface area (Å²) in [6.07, 6.45) is 3.86. The second kappa shape index (κ2) is 6.13. The Bertz CT molecular complexity index is 515. The molecule has 1 fully saturated rings. The van der Waals surface area contributed by atoms with E-state index < -0.39 is 0 Å². The van der Waals surface area contributed by atoms with Crippen molar-refractivity contribution in [1.82, 2.24) is 9.80 Å². The van der Waals surface area contributed by atoms with E-state index in [1.807, 2.05) is 12.1 Å². The van der Waals surface area contributed by atoms with Crippen LogP contribution in [0, 0.1) is 11.3 Å². The van der Waals surface area contributed by atoms with Crippen molar-refractivity contribution in [2.75, 3.05) is 27.7 Å². The Kier molecular flexibility index (Phi) is 4.70. The minimum absolute atomic E-state index is 0.327. The molecular formula is C16H22ClN3. The lowest BCUT2D eigenvalue weighted by Gasteiger charge is -2.49. The second-order valence-corrected chi connectivity index (χ2v) is 6.47. The summed E-state index contributed by atoms with van der Waals surface area (Å²) >= 11 is 6.25. The molecule has 0 unspecified atom stereocenters. The van der Waals surface area contributed by atoms with Gasteiger partial charge in [-0.15, -0.1) is 0 Å². The van der Waals surface area contributed by atoms with Crippen LogP contribution in [0.3, 0.4) is 0 Å². The summed E-state index contributed by atoms with van der Waals surface area (Å²) in [5, 5.41) is 9.55. The van der Waals surface area contributed by atoms with Crippen LogP contribution in [0.4, 0.5) is 0 Å². The predicted molar refractivity (Wildman–Crippen MR) is 82.8 cm³/mol. The molecule has 0 aliphatic heterocycles. The highest BCUT2D eigenvalue weighted by molar-refractivity contribution is 6.31. The highest BCUT2D eigenvalue weighted by Crippen LogP contribution is 2.37. The van der Waals surface area contributed by atoms with Crippen LogP contribution in [0.25, 0.3) is 0 Å². The van der Waals surface area contributed by atoms with Crippen LogP contribution in [0.5, 0.6) is 0 Å². The van der Waals surface area contributed by atoms with E-state index >= 15 is 0 Å². The van der Waals surface area contributed by atoms with E-state index in [0.29, 0.717) is 16.1 Å². The van der Waals surface area contributed by atoms with Gasteiger partial charge in [-0.25, -0.2) is 0 Å². The van der Waals surface area contributed by atoms with Crippen LogP contribution >= 0.6 is 11.6 Å². The monoisotopic (exact) mass is 291 g/mol. The Morgan fingerprint density at radius 3 is 2.45 bits per heavy atom. The Hall–Kier alpha value is -1.08. The molecule has 0 atom stereocenters. The fraction of sp³-hybridized carbons (Fsp3) is 0.562. The maximum Gasteiger partial charge on any atom is 0.0992 e. The molecular weight excluding hydrogens is 270 g/mol. The molecule has 0 spiro atoms. The lowest BCUT2D eigenvalue weighted by molar-refractivity contribution is 0.0259. The molecule has 1 aliphatic carbocycles. The molecule has 0 heterocycles. The number of halogens is 1. The molecule has 1 saturated carbocycles. The van der Waals surface area contributed by atoms with Gasteiger partial charge in [-0.1, -0.05) is 17.7 Å². The first-order chi connectivity index (χ1) is 9.47. The van der Waals surface area contributed by atoms with Gasteiger partial charge in [0.1, 0.15) is 0 Å². The Labute approximate surface area is 126 Å². The van der Waals surface area contributed by atoms with Crippen LogP contribution in [0.15, 0.2) is 18.2 Å². The van der Waals surface area contributed by atoms with E-state index in [2.05, 4.69) is 37.0 Å². The third-order valence-corrected chi connectivity index (χ3v) is 4.77. The molecule has 20 heavy (non-hydrogen) atoms. The van der Waals surface area contributed by atoms with Crippen molar-refractivity contribution >= 4 is 11.6 Å². The zero-order chi connectivity index (χ0) is 14.8. The Balaban J connectivity index is 2.01. The number of rotatable bonds is 5. The zero-order valence-electron chi connectivity index (χ0n) is 12.5. The average molecular weight is 292 g/mol. The van der Waals surface area contributed by atoms with Gasteiger partial charge in [-0.2, -0.15) is 5.26 Å². The van der Waals surface area contributed by atoms with E-state index in [0.717, 1.165) is 18.7 Å². The molecule has 1 aromatic carbocycles. The van der Waals surface area contributed by atoms with Crippen molar-refractivity contribution in [2.24, 2.45) is 0 Å². The predicted octanol–water partition coefficient (Wildman–Crippen LogP) is 3.13. The van der Waals surface area contributed by atoms with Gasteiger partial charge in [0.25, 0.3) is 0 Å². The first kappa shape index (κ1) is 15.3. The molecule has 4 heteroatoms. The topological polar surface area (TPSA) is 30.3 Å². The van der Waals surface area contributed by atoms with Gasteiger partial charge in [0.15, 0.2) is 0 Å². The Morgan fingerprint density at radius 2 is 2.00 bits per heavy atom. The highest BCUT2D eigenvalue weighted by Gasteiger charge is 2.39. The third kappa shape index (κ3) is 3.15. The fourth-order valence-corrected chi connectivity index (χ4v) is 3.17. The standard InChI is InChI=1S/C16H22ClN3/c1-19(2)16(7-4-8-16)12-20(3)11-14-6-5-13(10-18)9-15(14)17/h5-6,9H,4,7-8,11-12H2,1-3H3. The molecule has 0 radical (unpaired) electrons. The minimum atomic E-state index is 0.327. The van der Waals surface area contributed by atoms with Crippen molar-refractivity contribution in [3.8, 4) is 6.07 Å². The number of likely N-dealkylation sites (N-methyl/N-ethyl adjacent to an activating group) is 2. The molecule has 0 bridgehead atoms. The summed E-state index contributed by atoms with van der Waals surface area (Å²) < 4.78 is 0. The molecule has 1 aromatic rings. The van der Waals surface area contributed by atoms with Gasteiger partial charge in [-0.3, -0.25) is 0 Å². The molecule has 0 amide bonds. The lowest BCUT2D eigenvalue weighted by Crippen LogP contribution is -2.56. The molecule has 0 saturated heterocycles. The fourth-order valence-electron chi connectivity index (χ4n) is 2.93. The molecule has 2 rings (SSSR count). The summed E-state index contributed by atoms with van der Waals surface area (Å²) in [5.41, 5.74) is 2.03. The summed E-state index contributed by atoms with van der Waals surface area (Å²) in [6.45, 7) is 1.87. The van der Waals surface area contributed by atoms with Crippen LogP contribution in [0.2, 0.25) is 5.02 Å². The smallest absolute Gasteiger partial charge is 0.0992 e. The van der Waals surface area contributed by atoms with Crippen LogP contribution in [0.1, 0.15) is 30.4 Å². The zero-order valence-corrected chi connectivity index (χ0v) is 13.2. The second-order valence-electron chi connectivity index (χ2n) is 6.06. The van der Waals surface area contributed by atoms with Gasteiger partial charge < -0.3 is 9.80 Å². The van der Waals surface area contributed by atoms with Crippen LogP contribution in [-0.2, 0) is 6.54 Å². The maximum absolute atomic E-state index is 8.86. The number of nitriles is 1. The van der Waals surface area contributed by atoms with Crippen LogP contribution in [-0.4, -0.2) is 43.0 Å². The van der Waals surface area contributed by atoms with Crippen molar-refractivity contribution < 1.29 is 0 Å². The van der Waals surface area contributed by atoms with Crippen molar-refractivity contribution in [1.29, 1.82) is 5.26 Å². The SMILES string of the molecule is CN(Cc1ccc(C#N)cc1Cl)CC1(N(C)C)CCC1. The summed E-state index contributed by atoms with van der Waals surface area (Å²) in [7, 11) is 6.47. The van der Waals surface area contributed by atoms with Crippen molar-refractivity contribution in [2.45, 2.75) is 31.3 Å². The van der Waals surface area contributed by atoms with Gasteiger partial charge >= 0.3 is 0 Å². The van der Waals surface area contributed by atoms with Crippen molar-refractivity contribution in [3.63, 3.8) is 0 Å². The molecule has 1 aliphatic rings. The van der Waals surface area contributed by atoms with Crippen LogP contribution < -0.4 is 0 Å². The third-order valence-electron chi connectivity index (χ3n) is 4.42. The maximum atomic E-state index is 8.86. The van der Waals surface area contributed by atoms with E-state index in [-0.39, 0.29) is 0 Å². The summed E-state index contributed by atoms with van der Waals surface area (Å²) in [6, 6.07) is 7.65. The first-order valence-electron chi connectivity index (χ1n) is 7.01. The minimum Gasteiger partial charge on any atom is -0.302 e. The highest BCUT2D eigenvalue weighted by atomic mass is 35.5. The normalized spacial score (nSPS) is 17.1. The molecule has 108 valence electrons.